The van der Waals surface area contributed by atoms with Gasteiger partial charge in [0.15, 0.2) is 11.0 Å². The second kappa shape index (κ2) is 9.54. The molecule has 0 radical (unpaired) electrons. The lowest BCUT2D eigenvalue weighted by Gasteiger charge is -2.07. The number of aromatic nitrogens is 3. The maximum atomic E-state index is 12.7. The Labute approximate surface area is 193 Å². The average molecular weight is 477 g/mol. The Morgan fingerprint density at radius 2 is 2.06 bits per heavy atom. The maximum Gasteiger partial charge on any atom is 0.341 e. The monoisotopic (exact) mass is 476 g/mol. The van der Waals surface area contributed by atoms with Gasteiger partial charge in [-0.05, 0) is 44.2 Å². The van der Waals surface area contributed by atoms with Gasteiger partial charge in [-0.2, -0.15) is 0 Å². The quantitative estimate of drug-likeness (QED) is 0.315. The summed E-state index contributed by atoms with van der Waals surface area (Å²) in [6, 6.07) is 2.07. The minimum absolute atomic E-state index is 0.178. The second-order valence-electron chi connectivity index (χ2n) is 7.41. The predicted molar refractivity (Wildman–Crippen MR) is 125 cm³/mol. The van der Waals surface area contributed by atoms with E-state index in [9.17, 15) is 9.59 Å². The first-order valence-corrected chi connectivity index (χ1v) is 12.8. The molecular formula is C21H24N4O3S3. The zero-order chi connectivity index (χ0) is 22.0. The molecule has 0 atom stereocenters. The molecule has 1 amide bonds. The molecule has 3 heterocycles. The van der Waals surface area contributed by atoms with Crippen LogP contribution in [0.4, 0.5) is 5.00 Å². The molecule has 0 saturated carbocycles. The summed E-state index contributed by atoms with van der Waals surface area (Å²) in [5.41, 5.74) is 2.59. The highest BCUT2D eigenvalue weighted by molar-refractivity contribution is 7.99. The third-order valence-electron chi connectivity index (χ3n) is 5.22. The van der Waals surface area contributed by atoms with Crippen molar-refractivity contribution in [3.63, 3.8) is 0 Å². The number of esters is 1. The molecule has 1 aliphatic carbocycles. The number of amides is 1. The van der Waals surface area contributed by atoms with Crippen LogP contribution in [0.15, 0.2) is 16.6 Å². The Balaban J connectivity index is 1.46. The van der Waals surface area contributed by atoms with Crippen molar-refractivity contribution in [3.8, 4) is 11.4 Å². The van der Waals surface area contributed by atoms with Crippen LogP contribution in [-0.4, -0.2) is 39.5 Å². The minimum atomic E-state index is -0.383. The Morgan fingerprint density at radius 1 is 1.26 bits per heavy atom. The highest BCUT2D eigenvalue weighted by Crippen LogP contribution is 2.38. The third kappa shape index (κ3) is 4.70. The highest BCUT2D eigenvalue weighted by Gasteiger charge is 2.26. The number of anilines is 1. The zero-order valence-electron chi connectivity index (χ0n) is 17.7. The summed E-state index contributed by atoms with van der Waals surface area (Å²) < 4.78 is 6.90. The molecule has 1 N–H and O–H groups in total. The van der Waals surface area contributed by atoms with E-state index in [1.165, 1.54) is 40.0 Å². The van der Waals surface area contributed by atoms with Crippen LogP contribution in [0.25, 0.3) is 11.4 Å². The molecule has 0 aromatic carbocycles. The van der Waals surface area contributed by atoms with Crippen LogP contribution in [0.5, 0.6) is 0 Å². The van der Waals surface area contributed by atoms with E-state index in [2.05, 4.69) is 33.9 Å². The first kappa shape index (κ1) is 22.0. The molecule has 3 aromatic rings. The molecular weight excluding hydrogens is 452 g/mol. The zero-order valence-corrected chi connectivity index (χ0v) is 20.1. The van der Waals surface area contributed by atoms with Crippen molar-refractivity contribution in [2.45, 2.75) is 44.2 Å². The molecule has 164 valence electrons. The lowest BCUT2D eigenvalue weighted by atomic mass is 10.1. The van der Waals surface area contributed by atoms with E-state index in [4.69, 9.17) is 4.74 Å². The number of methoxy groups -OCH3 is 1. The fourth-order valence-electron chi connectivity index (χ4n) is 3.69. The standard InChI is InChI=1S/C21H24N4O3S3/c1-12-9-13(10-29-12)18-23-24-21(25(18)2)30-11-16(26)22-19-17(20(27)28-3)14-7-5-4-6-8-15(14)31-19/h9-10H,4-8,11H2,1-3H3,(H,22,26). The van der Waals surface area contributed by atoms with Crippen LogP contribution in [0, 0.1) is 6.92 Å². The van der Waals surface area contributed by atoms with Gasteiger partial charge in [0.25, 0.3) is 0 Å². The van der Waals surface area contributed by atoms with Gasteiger partial charge in [-0.3, -0.25) is 4.79 Å². The second-order valence-corrected chi connectivity index (χ2v) is 10.6. The van der Waals surface area contributed by atoms with Crippen LogP contribution < -0.4 is 5.32 Å². The first-order chi connectivity index (χ1) is 15.0. The SMILES string of the molecule is COC(=O)c1c(NC(=O)CSc2nnc(-c3csc(C)c3)n2C)sc2c1CCCCC2. The third-order valence-corrected chi connectivity index (χ3v) is 8.31. The number of aryl methyl sites for hydroxylation is 2. The van der Waals surface area contributed by atoms with E-state index in [0.29, 0.717) is 15.7 Å². The molecule has 1 aliphatic rings. The number of ether oxygens (including phenoxy) is 1. The Kier molecular flexibility index (Phi) is 6.78. The molecule has 0 spiro atoms. The molecule has 0 saturated heterocycles. The van der Waals surface area contributed by atoms with Gasteiger partial charge in [0.05, 0.1) is 18.4 Å². The topological polar surface area (TPSA) is 86.1 Å². The average Bonchev–Trinajstić information content (AvgIpc) is 3.38. The van der Waals surface area contributed by atoms with Gasteiger partial charge in [-0.25, -0.2) is 4.79 Å². The fraction of sp³-hybridized carbons (Fsp3) is 0.429. The van der Waals surface area contributed by atoms with Crippen LogP contribution in [-0.2, 0) is 29.4 Å². The number of hydrogen-bond acceptors (Lipinski definition) is 8. The molecule has 0 unspecified atom stereocenters. The van der Waals surface area contributed by atoms with Gasteiger partial charge < -0.3 is 14.6 Å². The summed E-state index contributed by atoms with van der Waals surface area (Å²) in [6.07, 6.45) is 5.11. The number of fused-ring (bicyclic) bond motifs is 1. The Morgan fingerprint density at radius 3 is 2.81 bits per heavy atom. The normalized spacial score (nSPS) is 13.5. The molecule has 0 aliphatic heterocycles. The molecule has 3 aromatic heterocycles. The maximum absolute atomic E-state index is 12.7. The summed E-state index contributed by atoms with van der Waals surface area (Å²) >= 11 is 4.49. The largest absolute Gasteiger partial charge is 0.465 e. The van der Waals surface area contributed by atoms with E-state index >= 15 is 0 Å². The van der Waals surface area contributed by atoms with Crippen LogP contribution in [0.2, 0.25) is 0 Å². The fourth-order valence-corrected chi connectivity index (χ4v) is 6.38. The Hall–Kier alpha value is -2.17. The van der Waals surface area contributed by atoms with Crippen molar-refractivity contribution in [1.82, 2.24) is 14.8 Å². The van der Waals surface area contributed by atoms with Crippen LogP contribution in [0.1, 0.15) is 44.9 Å². The van der Waals surface area contributed by atoms with Crippen molar-refractivity contribution in [2.75, 3.05) is 18.2 Å². The number of thiophene rings is 2. The number of carbonyl (C=O) groups is 2. The van der Waals surface area contributed by atoms with Crippen molar-refractivity contribution >= 4 is 51.3 Å². The van der Waals surface area contributed by atoms with E-state index in [1.54, 1.807) is 11.3 Å². The summed E-state index contributed by atoms with van der Waals surface area (Å²) in [7, 11) is 3.28. The van der Waals surface area contributed by atoms with Gasteiger partial charge in [0.1, 0.15) is 5.00 Å². The molecule has 0 bridgehead atoms. The van der Waals surface area contributed by atoms with Crippen molar-refractivity contribution < 1.29 is 14.3 Å². The molecule has 31 heavy (non-hydrogen) atoms. The van der Waals surface area contributed by atoms with Crippen LogP contribution in [0.3, 0.4) is 0 Å². The highest BCUT2D eigenvalue weighted by atomic mass is 32.2. The van der Waals surface area contributed by atoms with Crippen LogP contribution >= 0.6 is 34.4 Å². The smallest absolute Gasteiger partial charge is 0.341 e. The van der Waals surface area contributed by atoms with Gasteiger partial charge in [-0.15, -0.1) is 32.9 Å². The molecule has 4 rings (SSSR count). The molecule has 7 nitrogen and oxygen atoms in total. The van der Waals surface area contributed by atoms with Gasteiger partial charge in [0.2, 0.25) is 5.91 Å². The number of thioether (sulfide) groups is 1. The van der Waals surface area contributed by atoms with Crippen molar-refractivity contribution in [1.29, 1.82) is 0 Å². The molecule has 0 fully saturated rings. The summed E-state index contributed by atoms with van der Waals surface area (Å²) in [5, 5.41) is 14.8. The number of hydrogen-bond donors (Lipinski definition) is 1. The first-order valence-electron chi connectivity index (χ1n) is 10.1. The van der Waals surface area contributed by atoms with Gasteiger partial charge in [0, 0.05) is 27.7 Å². The van der Waals surface area contributed by atoms with Crippen molar-refractivity contribution in [2.24, 2.45) is 7.05 Å². The minimum Gasteiger partial charge on any atom is -0.465 e. The number of carbonyl (C=O) groups excluding carboxylic acids is 2. The number of nitrogens with zero attached hydrogens (tertiary/aromatic N) is 3. The van der Waals surface area contributed by atoms with E-state index in [-0.39, 0.29) is 17.6 Å². The lowest BCUT2D eigenvalue weighted by molar-refractivity contribution is -0.113. The van der Waals surface area contributed by atoms with E-state index in [0.717, 1.165) is 49.1 Å². The van der Waals surface area contributed by atoms with E-state index < -0.39 is 0 Å². The summed E-state index contributed by atoms with van der Waals surface area (Å²) in [5.74, 6) is 0.397. The molecule has 10 heteroatoms. The number of rotatable bonds is 6. The van der Waals surface area contributed by atoms with Crippen molar-refractivity contribution in [3.05, 3.63) is 32.3 Å². The Bertz CT molecular complexity index is 1120. The predicted octanol–water partition coefficient (Wildman–Crippen LogP) is 4.70. The summed E-state index contributed by atoms with van der Waals surface area (Å²) in [4.78, 5) is 27.5. The van der Waals surface area contributed by atoms with Gasteiger partial charge in [-0.1, -0.05) is 18.2 Å². The van der Waals surface area contributed by atoms with Gasteiger partial charge >= 0.3 is 5.97 Å². The lowest BCUT2D eigenvalue weighted by Crippen LogP contribution is -2.16. The van der Waals surface area contributed by atoms with E-state index in [1.807, 2.05) is 11.6 Å². The summed E-state index contributed by atoms with van der Waals surface area (Å²) in [6.45, 7) is 2.05. The number of nitrogens with one attached hydrogen (secondary N) is 1.